The van der Waals surface area contributed by atoms with E-state index in [1.165, 1.54) is 18.2 Å². The number of amides is 1. The van der Waals surface area contributed by atoms with Crippen LogP contribution in [0.5, 0.6) is 0 Å². The van der Waals surface area contributed by atoms with Crippen LogP contribution in [0.25, 0.3) is 11.1 Å². The van der Waals surface area contributed by atoms with Crippen LogP contribution in [-0.2, 0) is 16.1 Å². The molecule has 1 amide bonds. The van der Waals surface area contributed by atoms with Gasteiger partial charge in [-0.25, -0.2) is 14.3 Å². The van der Waals surface area contributed by atoms with Crippen molar-refractivity contribution in [2.24, 2.45) is 5.92 Å². The van der Waals surface area contributed by atoms with E-state index in [0.717, 1.165) is 22.3 Å². The highest BCUT2D eigenvalue weighted by Crippen LogP contribution is 2.27. The lowest BCUT2D eigenvalue weighted by atomic mass is 9.93. The van der Waals surface area contributed by atoms with Crippen molar-refractivity contribution in [1.82, 2.24) is 10.4 Å². The largest absolute Gasteiger partial charge is 0.377 e. The summed E-state index contributed by atoms with van der Waals surface area (Å²) in [4.78, 5) is 14.5. The molecule has 0 radical (unpaired) electrons. The lowest BCUT2D eigenvalue weighted by molar-refractivity contribution is -0.135. The van der Waals surface area contributed by atoms with Gasteiger partial charge in [-0.1, -0.05) is 36.4 Å². The molecule has 0 saturated heterocycles. The van der Waals surface area contributed by atoms with Crippen molar-refractivity contribution in [1.29, 1.82) is 0 Å². The molecule has 3 rings (SSSR count). The minimum absolute atomic E-state index is 0.221. The fourth-order valence-corrected chi connectivity index (χ4v) is 4.19. The molecule has 3 aromatic rings. The zero-order chi connectivity index (χ0) is 25.4. The first-order valence-corrected chi connectivity index (χ1v) is 11.6. The summed E-state index contributed by atoms with van der Waals surface area (Å²) >= 11 is 0. The van der Waals surface area contributed by atoms with Gasteiger partial charge in [0.1, 0.15) is 11.6 Å². The van der Waals surface area contributed by atoms with E-state index >= 15 is 0 Å². The van der Waals surface area contributed by atoms with E-state index in [4.69, 9.17) is 4.74 Å². The van der Waals surface area contributed by atoms with Crippen LogP contribution in [0.15, 0.2) is 66.7 Å². The highest BCUT2D eigenvalue weighted by Gasteiger charge is 2.24. The van der Waals surface area contributed by atoms with Crippen LogP contribution in [0.2, 0.25) is 0 Å². The number of nitrogens with zero attached hydrogens (tertiary/aromatic N) is 1. The Morgan fingerprint density at radius 2 is 1.77 bits per heavy atom. The van der Waals surface area contributed by atoms with Crippen molar-refractivity contribution in [3.8, 4) is 11.1 Å². The van der Waals surface area contributed by atoms with Gasteiger partial charge in [-0.3, -0.25) is 10.0 Å². The van der Waals surface area contributed by atoms with Gasteiger partial charge >= 0.3 is 0 Å². The van der Waals surface area contributed by atoms with Crippen LogP contribution >= 0.6 is 0 Å². The third-order valence-corrected chi connectivity index (χ3v) is 6.24. The monoisotopic (exact) mass is 482 g/mol. The topological polar surface area (TPSA) is 61.8 Å². The number of benzene rings is 3. The zero-order valence-corrected chi connectivity index (χ0v) is 20.3. The van der Waals surface area contributed by atoms with Crippen molar-refractivity contribution >= 4 is 5.91 Å². The van der Waals surface area contributed by atoms with Crippen LogP contribution in [-0.4, -0.2) is 36.7 Å². The van der Waals surface area contributed by atoms with E-state index in [0.29, 0.717) is 31.5 Å². The second kappa shape index (κ2) is 12.5. The molecule has 186 valence electrons. The predicted molar refractivity (Wildman–Crippen MR) is 132 cm³/mol. The van der Waals surface area contributed by atoms with Crippen LogP contribution in [0.3, 0.4) is 0 Å². The van der Waals surface area contributed by atoms with Crippen LogP contribution < -0.4 is 5.48 Å². The summed E-state index contributed by atoms with van der Waals surface area (Å²) in [5.74, 6) is -1.53. The standard InChI is InChI=1S/C28H32F2N2O3/c1-19-15-23(9-12-26(19)30)22-6-4-5-20(16-22)18-32(2)14-13-24(28(33)31-34)17-27(35-3)21-7-10-25(29)11-8-21/h4-12,15-16,24,27,34H,13-14,17-18H2,1-3H3,(H,31,33)/t24-,27+/m0/s1. The maximum absolute atomic E-state index is 13.6. The number of carbonyl (C=O) groups excluding carboxylic acids is 1. The van der Waals surface area contributed by atoms with Crippen LogP contribution in [0.4, 0.5) is 8.78 Å². The van der Waals surface area contributed by atoms with Gasteiger partial charge in [-0.2, -0.15) is 0 Å². The normalized spacial score (nSPS) is 13.0. The SMILES string of the molecule is CO[C@H](C[C@H](CCN(C)Cc1cccc(-c2ccc(F)c(C)c2)c1)C(=O)NO)c1ccc(F)cc1. The number of hydrogen-bond donors (Lipinski definition) is 2. The quantitative estimate of drug-likeness (QED) is 0.273. The Hall–Kier alpha value is -3.13. The fourth-order valence-electron chi connectivity index (χ4n) is 4.19. The molecule has 0 aliphatic heterocycles. The Bertz CT molecular complexity index is 1120. The number of aryl methyl sites for hydroxylation is 1. The summed E-state index contributed by atoms with van der Waals surface area (Å²) in [6.45, 7) is 3.02. The Morgan fingerprint density at radius 1 is 1.06 bits per heavy atom. The summed E-state index contributed by atoms with van der Waals surface area (Å²) in [6.07, 6.45) is 0.446. The maximum atomic E-state index is 13.6. The minimum Gasteiger partial charge on any atom is -0.377 e. The second-order valence-electron chi connectivity index (χ2n) is 8.88. The predicted octanol–water partition coefficient (Wildman–Crippen LogP) is 5.66. The summed E-state index contributed by atoms with van der Waals surface area (Å²) < 4.78 is 32.5. The lowest BCUT2D eigenvalue weighted by Gasteiger charge is -2.24. The fraction of sp³-hybridized carbons (Fsp3) is 0.321. The number of methoxy groups -OCH3 is 1. The third-order valence-electron chi connectivity index (χ3n) is 6.24. The first-order valence-electron chi connectivity index (χ1n) is 11.6. The molecule has 3 aromatic carbocycles. The molecule has 0 aliphatic rings. The molecular weight excluding hydrogens is 450 g/mol. The van der Waals surface area contributed by atoms with Gasteiger partial charge in [0.15, 0.2) is 0 Å². The molecule has 0 aromatic heterocycles. The summed E-state index contributed by atoms with van der Waals surface area (Å²) in [7, 11) is 3.51. The molecular formula is C28H32F2N2O3. The number of rotatable bonds is 11. The Labute approximate surface area is 205 Å². The smallest absolute Gasteiger partial charge is 0.246 e. The average molecular weight is 483 g/mol. The van der Waals surface area contributed by atoms with Crippen molar-refractivity contribution < 1.29 is 23.5 Å². The molecule has 0 heterocycles. The third kappa shape index (κ3) is 7.42. The van der Waals surface area contributed by atoms with Gasteiger partial charge in [0, 0.05) is 19.6 Å². The number of carbonyl (C=O) groups is 1. The van der Waals surface area contributed by atoms with Gasteiger partial charge < -0.3 is 9.64 Å². The van der Waals surface area contributed by atoms with E-state index in [-0.39, 0.29) is 11.6 Å². The first-order chi connectivity index (χ1) is 16.8. The molecule has 0 fully saturated rings. The van der Waals surface area contributed by atoms with Gasteiger partial charge in [0.25, 0.3) is 0 Å². The summed E-state index contributed by atoms with van der Waals surface area (Å²) in [6, 6.07) is 19.2. The van der Waals surface area contributed by atoms with Gasteiger partial charge in [0.2, 0.25) is 5.91 Å². The summed E-state index contributed by atoms with van der Waals surface area (Å²) in [5, 5.41) is 9.25. The summed E-state index contributed by atoms with van der Waals surface area (Å²) in [5.41, 5.74) is 6.20. The zero-order valence-electron chi connectivity index (χ0n) is 20.3. The number of hydrogen-bond acceptors (Lipinski definition) is 4. The molecule has 0 saturated carbocycles. The molecule has 35 heavy (non-hydrogen) atoms. The molecule has 2 atom stereocenters. The molecule has 0 aliphatic carbocycles. The number of nitrogens with one attached hydrogen (secondary N) is 1. The van der Waals surface area contributed by atoms with Gasteiger partial charge in [-0.05, 0) is 91.5 Å². The Kier molecular flexibility index (Phi) is 9.48. The second-order valence-corrected chi connectivity index (χ2v) is 8.88. The Balaban J connectivity index is 1.63. The van der Waals surface area contributed by atoms with E-state index in [9.17, 15) is 18.8 Å². The van der Waals surface area contributed by atoms with Crippen molar-refractivity contribution in [3.63, 3.8) is 0 Å². The first kappa shape index (κ1) is 26.5. The number of halogens is 2. The molecule has 7 heteroatoms. The molecule has 5 nitrogen and oxygen atoms in total. The van der Waals surface area contributed by atoms with Gasteiger partial charge in [0.05, 0.1) is 6.10 Å². The van der Waals surface area contributed by atoms with E-state index in [2.05, 4.69) is 11.0 Å². The van der Waals surface area contributed by atoms with Crippen molar-refractivity contribution in [2.45, 2.75) is 32.4 Å². The van der Waals surface area contributed by atoms with Crippen molar-refractivity contribution in [2.75, 3.05) is 20.7 Å². The van der Waals surface area contributed by atoms with E-state index in [1.807, 2.05) is 31.3 Å². The lowest BCUT2D eigenvalue weighted by Crippen LogP contribution is -2.32. The molecule has 0 unspecified atom stereocenters. The number of ether oxygens (including phenoxy) is 1. The van der Waals surface area contributed by atoms with Crippen LogP contribution in [0, 0.1) is 24.5 Å². The molecule has 0 spiro atoms. The number of hydroxylamine groups is 1. The maximum Gasteiger partial charge on any atom is 0.246 e. The highest BCUT2D eigenvalue weighted by molar-refractivity contribution is 5.77. The average Bonchev–Trinajstić information content (AvgIpc) is 2.86. The van der Waals surface area contributed by atoms with E-state index in [1.54, 1.807) is 37.7 Å². The van der Waals surface area contributed by atoms with Crippen LogP contribution in [0.1, 0.15) is 35.6 Å². The van der Waals surface area contributed by atoms with E-state index < -0.39 is 17.9 Å². The van der Waals surface area contributed by atoms with Gasteiger partial charge in [-0.15, -0.1) is 0 Å². The van der Waals surface area contributed by atoms with Crippen molar-refractivity contribution in [3.05, 3.63) is 95.1 Å². The minimum atomic E-state index is -0.494. The molecule has 0 bridgehead atoms. The molecule has 2 N–H and O–H groups in total. The Morgan fingerprint density at radius 3 is 2.43 bits per heavy atom. The highest BCUT2D eigenvalue weighted by atomic mass is 19.1.